The minimum atomic E-state index is -2.20. The largest absolute Gasteiger partial charge is 0.755 e. The van der Waals surface area contributed by atoms with Gasteiger partial charge in [0.15, 0.2) is 0 Å². The van der Waals surface area contributed by atoms with Crippen LogP contribution in [0.3, 0.4) is 0 Å². The van der Waals surface area contributed by atoms with Crippen LogP contribution in [0, 0.1) is 0 Å². The van der Waals surface area contributed by atoms with Crippen molar-refractivity contribution in [1.29, 1.82) is 0 Å². The van der Waals surface area contributed by atoms with E-state index >= 15 is 0 Å². The Bertz CT molecular complexity index is 113. The summed E-state index contributed by atoms with van der Waals surface area (Å²) >= 11 is -2.20. The molecule has 1 N–H and O–H groups in total. The van der Waals surface area contributed by atoms with Crippen LogP contribution in [-0.4, -0.2) is 8.76 Å². The molecule has 0 radical (unpaired) electrons. The fourth-order valence-corrected chi connectivity index (χ4v) is 0.570. The lowest BCUT2D eigenvalue weighted by Gasteiger charge is -2.07. The Morgan fingerprint density at radius 3 is 2.62 bits per heavy atom. The molecule has 0 aromatic heterocycles. The first-order valence-electron chi connectivity index (χ1n) is 2.20. The van der Waals surface area contributed by atoms with Gasteiger partial charge in [-0.25, -0.2) is 0 Å². The van der Waals surface area contributed by atoms with Gasteiger partial charge in [0.1, 0.15) is 0 Å². The Kier molecular flexibility index (Phi) is 3.47. The summed E-state index contributed by atoms with van der Waals surface area (Å²) < 4.78 is 21.7. The smallest absolute Gasteiger partial charge is 0.0445 e. The van der Waals surface area contributed by atoms with Crippen LogP contribution in [0.2, 0.25) is 0 Å². The molecule has 0 rings (SSSR count). The van der Waals surface area contributed by atoms with Gasteiger partial charge >= 0.3 is 0 Å². The molecule has 8 heavy (non-hydrogen) atoms. The molecule has 3 nitrogen and oxygen atoms in total. The van der Waals surface area contributed by atoms with Crippen molar-refractivity contribution in [1.82, 2.24) is 4.72 Å². The lowest BCUT2D eigenvalue weighted by Crippen LogP contribution is -2.13. The third kappa shape index (κ3) is 3.83. The van der Waals surface area contributed by atoms with Crippen LogP contribution in [0.5, 0.6) is 0 Å². The molecule has 0 spiro atoms. The first-order valence-corrected chi connectivity index (χ1v) is 3.28. The third-order valence-electron chi connectivity index (χ3n) is 0.654. The highest BCUT2D eigenvalue weighted by molar-refractivity contribution is 7.77. The van der Waals surface area contributed by atoms with E-state index in [1.807, 2.05) is 6.92 Å². The maximum Gasteiger partial charge on any atom is 0.0445 e. The van der Waals surface area contributed by atoms with Crippen LogP contribution in [0.25, 0.3) is 0 Å². The average Bonchev–Trinajstić information content (AvgIpc) is 1.65. The van der Waals surface area contributed by atoms with Gasteiger partial charge in [0.05, 0.1) is 0 Å². The summed E-state index contributed by atoms with van der Waals surface area (Å²) in [5, 5.41) is 0. The Balaban J connectivity index is 3.40. The van der Waals surface area contributed by atoms with E-state index in [0.29, 0.717) is 12.1 Å². The summed E-state index contributed by atoms with van der Waals surface area (Å²) in [5.41, 5.74) is 0.512. The minimum Gasteiger partial charge on any atom is -0.755 e. The molecule has 0 amide bonds. The van der Waals surface area contributed by atoms with Gasteiger partial charge in [-0.3, -0.25) is 4.21 Å². The van der Waals surface area contributed by atoms with E-state index in [1.54, 1.807) is 0 Å². The van der Waals surface area contributed by atoms with Crippen LogP contribution in [0.15, 0.2) is 12.3 Å². The molecule has 0 aromatic rings. The molecule has 0 aliphatic carbocycles. The monoisotopic (exact) mass is 134 g/mol. The highest BCUT2D eigenvalue weighted by atomic mass is 32.2. The van der Waals surface area contributed by atoms with Crippen molar-refractivity contribution in [2.45, 2.75) is 13.3 Å². The second kappa shape index (κ2) is 3.63. The molecule has 4 heteroatoms. The quantitative estimate of drug-likeness (QED) is 0.564. The molecule has 0 saturated carbocycles. The van der Waals surface area contributed by atoms with Crippen molar-refractivity contribution in [2.24, 2.45) is 0 Å². The van der Waals surface area contributed by atoms with Crippen molar-refractivity contribution in [3.63, 3.8) is 0 Å². The van der Waals surface area contributed by atoms with Gasteiger partial charge in [0.25, 0.3) is 0 Å². The first-order chi connectivity index (χ1) is 3.66. The average molecular weight is 134 g/mol. The van der Waals surface area contributed by atoms with Crippen LogP contribution in [0.4, 0.5) is 0 Å². The lowest BCUT2D eigenvalue weighted by molar-refractivity contribution is 0.528. The fourth-order valence-electron chi connectivity index (χ4n) is 0.190. The molecular weight excluding hydrogens is 126 g/mol. The zero-order chi connectivity index (χ0) is 6.57. The maximum absolute atomic E-state index is 9.80. The number of nitrogens with one attached hydrogen (secondary N) is 1. The molecule has 0 heterocycles. The maximum atomic E-state index is 9.80. The first kappa shape index (κ1) is 7.65. The summed E-state index contributed by atoms with van der Waals surface area (Å²) in [6, 6.07) is 0. The topological polar surface area (TPSA) is 52.2 Å². The number of rotatable bonds is 3. The van der Waals surface area contributed by atoms with Crippen molar-refractivity contribution in [3.8, 4) is 0 Å². The highest BCUT2D eigenvalue weighted by Crippen LogP contribution is 1.88. The number of allylic oxidation sites excluding steroid dienone is 1. The third-order valence-corrected chi connectivity index (χ3v) is 1.11. The summed E-state index contributed by atoms with van der Waals surface area (Å²) in [5.74, 6) is 0. The summed E-state index contributed by atoms with van der Waals surface area (Å²) in [7, 11) is 0. The molecule has 1 atom stereocenters. The van der Waals surface area contributed by atoms with Gasteiger partial charge < -0.3 is 9.27 Å². The lowest BCUT2D eigenvalue weighted by atomic mass is 10.4. The van der Waals surface area contributed by atoms with E-state index in [0.717, 1.165) is 0 Å². The van der Waals surface area contributed by atoms with E-state index in [1.165, 1.54) is 0 Å². The Morgan fingerprint density at radius 1 is 2.00 bits per heavy atom. The number of hydrogen-bond acceptors (Lipinski definition) is 2. The molecule has 48 valence electrons. The van der Waals surface area contributed by atoms with Gasteiger partial charge in [-0.2, -0.15) is 0 Å². The summed E-state index contributed by atoms with van der Waals surface area (Å²) in [6.07, 6.45) is 0.633. The van der Waals surface area contributed by atoms with Gasteiger partial charge in [-0.15, -0.1) is 0 Å². The predicted octanol–water partition coefficient (Wildman–Crippen LogP) is 0.294. The SMILES string of the molecule is C=C(CC)NS(=O)[O-]. The van der Waals surface area contributed by atoms with E-state index in [9.17, 15) is 8.76 Å². The summed E-state index contributed by atoms with van der Waals surface area (Å²) in [6.45, 7) is 5.23. The zero-order valence-electron chi connectivity index (χ0n) is 4.64. The number of hydrogen-bond donors (Lipinski definition) is 1. The summed E-state index contributed by atoms with van der Waals surface area (Å²) in [4.78, 5) is 0. The van der Waals surface area contributed by atoms with Crippen LogP contribution in [0.1, 0.15) is 13.3 Å². The molecule has 0 bridgehead atoms. The van der Waals surface area contributed by atoms with E-state index in [-0.39, 0.29) is 0 Å². The van der Waals surface area contributed by atoms with Crippen molar-refractivity contribution in [3.05, 3.63) is 12.3 Å². The van der Waals surface area contributed by atoms with E-state index in [4.69, 9.17) is 0 Å². The normalized spacial score (nSPS) is 12.8. The minimum absolute atomic E-state index is 0.512. The Morgan fingerprint density at radius 2 is 2.50 bits per heavy atom. The molecule has 0 aromatic carbocycles. The molecule has 0 saturated heterocycles. The second-order valence-corrected chi connectivity index (χ2v) is 1.97. The molecular formula is C4H8NO2S-. The Labute approximate surface area is 51.2 Å². The van der Waals surface area contributed by atoms with Gasteiger partial charge in [-0.1, -0.05) is 13.5 Å². The predicted molar refractivity (Wildman–Crippen MR) is 31.5 cm³/mol. The standard InChI is InChI=1S/C4H9NO2S/c1-3-4(2)5-8(6)7/h5H,2-3H2,1H3,(H,6,7)/p-1. The van der Waals surface area contributed by atoms with Gasteiger partial charge in [0.2, 0.25) is 0 Å². The molecule has 0 aliphatic rings. The van der Waals surface area contributed by atoms with Crippen LogP contribution < -0.4 is 4.72 Å². The van der Waals surface area contributed by atoms with Gasteiger partial charge in [0, 0.05) is 17.0 Å². The highest BCUT2D eigenvalue weighted by Gasteiger charge is 1.83. The fraction of sp³-hybridized carbons (Fsp3) is 0.500. The Hall–Kier alpha value is -0.350. The molecule has 1 unspecified atom stereocenters. The second-order valence-electron chi connectivity index (χ2n) is 1.29. The van der Waals surface area contributed by atoms with Crippen LogP contribution >= 0.6 is 0 Å². The van der Waals surface area contributed by atoms with Crippen molar-refractivity contribution in [2.75, 3.05) is 0 Å². The van der Waals surface area contributed by atoms with E-state index in [2.05, 4.69) is 11.3 Å². The molecule has 0 fully saturated rings. The van der Waals surface area contributed by atoms with E-state index < -0.39 is 11.3 Å². The van der Waals surface area contributed by atoms with Gasteiger partial charge in [-0.05, 0) is 6.42 Å². The van der Waals surface area contributed by atoms with Crippen molar-refractivity contribution < 1.29 is 8.76 Å². The van der Waals surface area contributed by atoms with Crippen molar-refractivity contribution >= 4 is 11.3 Å². The molecule has 0 aliphatic heterocycles. The van der Waals surface area contributed by atoms with Crippen LogP contribution in [-0.2, 0) is 11.3 Å². The zero-order valence-corrected chi connectivity index (χ0v) is 5.46.